The molecule has 0 spiro atoms. The van der Waals surface area contributed by atoms with Gasteiger partial charge in [0.15, 0.2) is 5.58 Å². The van der Waals surface area contributed by atoms with Gasteiger partial charge in [-0.1, -0.05) is 0 Å². The Kier molecular flexibility index (Phi) is 3.53. The Hall–Kier alpha value is -2.74. The summed E-state index contributed by atoms with van der Waals surface area (Å²) in [5.41, 5.74) is 1.16. The van der Waals surface area contributed by atoms with Crippen LogP contribution in [0.15, 0.2) is 35.0 Å². The number of oxazole rings is 1. The number of hydrogen-bond donors (Lipinski definition) is 0. The molecule has 1 aromatic carbocycles. The molecule has 3 aromatic heterocycles. The molecule has 0 N–H and O–H groups in total. The van der Waals surface area contributed by atoms with Crippen LogP contribution >= 0.6 is 11.3 Å². The zero-order valence-corrected chi connectivity index (χ0v) is 15.0. The zero-order valence-electron chi connectivity index (χ0n) is 14.1. The minimum atomic E-state index is -0.305. The number of nitrogens with zero attached hydrogens (tertiary/aromatic N) is 5. The summed E-state index contributed by atoms with van der Waals surface area (Å²) in [7, 11) is 0. The van der Waals surface area contributed by atoms with Crippen LogP contribution in [0.3, 0.4) is 0 Å². The van der Waals surface area contributed by atoms with Crippen LogP contribution in [0.4, 0.5) is 16.2 Å². The van der Waals surface area contributed by atoms with Gasteiger partial charge in [0.1, 0.15) is 28.3 Å². The monoisotopic (exact) mass is 369 g/mol. The molecule has 1 aliphatic heterocycles. The van der Waals surface area contributed by atoms with Crippen molar-refractivity contribution >= 4 is 44.5 Å². The molecule has 26 heavy (non-hydrogen) atoms. The van der Waals surface area contributed by atoms with Crippen molar-refractivity contribution in [3.8, 4) is 0 Å². The summed E-state index contributed by atoms with van der Waals surface area (Å²) in [5, 5.41) is 1.11. The van der Waals surface area contributed by atoms with E-state index >= 15 is 0 Å². The van der Waals surface area contributed by atoms with E-state index in [-0.39, 0.29) is 5.82 Å². The second-order valence-corrected chi connectivity index (χ2v) is 7.59. The Morgan fingerprint density at radius 2 is 1.88 bits per heavy atom. The molecule has 0 bridgehead atoms. The topological polar surface area (TPSA) is 58.3 Å². The molecule has 0 saturated carbocycles. The average molecular weight is 369 g/mol. The second kappa shape index (κ2) is 5.91. The molecule has 1 aliphatic rings. The SMILES string of the molecule is Cc1cc2c(N3CCN(c4nc5cc(F)ccc5o4)CC3)ncnc2s1. The number of aryl methyl sites for hydroxylation is 1. The van der Waals surface area contributed by atoms with E-state index in [0.717, 1.165) is 42.2 Å². The predicted octanol–water partition coefficient (Wildman–Crippen LogP) is 3.61. The van der Waals surface area contributed by atoms with E-state index in [4.69, 9.17) is 4.42 Å². The van der Waals surface area contributed by atoms with Crippen molar-refractivity contribution in [1.82, 2.24) is 15.0 Å². The van der Waals surface area contributed by atoms with Crippen LogP contribution in [-0.2, 0) is 0 Å². The number of benzene rings is 1. The van der Waals surface area contributed by atoms with Gasteiger partial charge in [0.25, 0.3) is 6.01 Å². The van der Waals surface area contributed by atoms with Gasteiger partial charge in [0, 0.05) is 37.1 Å². The van der Waals surface area contributed by atoms with Crippen LogP contribution < -0.4 is 9.80 Å². The first-order valence-corrected chi connectivity index (χ1v) is 9.26. The number of rotatable bonds is 2. The minimum absolute atomic E-state index is 0.305. The van der Waals surface area contributed by atoms with Gasteiger partial charge in [-0.2, -0.15) is 4.98 Å². The fraction of sp³-hybridized carbons (Fsp3) is 0.278. The molecule has 1 fully saturated rings. The molecule has 4 heterocycles. The maximum atomic E-state index is 13.3. The molecular weight excluding hydrogens is 353 g/mol. The van der Waals surface area contributed by atoms with Crippen molar-refractivity contribution in [1.29, 1.82) is 0 Å². The third-order valence-corrected chi connectivity index (χ3v) is 5.58. The van der Waals surface area contributed by atoms with Crippen molar-refractivity contribution in [3.05, 3.63) is 41.3 Å². The van der Waals surface area contributed by atoms with E-state index < -0.39 is 0 Å². The molecule has 0 amide bonds. The Morgan fingerprint density at radius 1 is 1.08 bits per heavy atom. The van der Waals surface area contributed by atoms with Crippen molar-refractivity contribution in [3.63, 3.8) is 0 Å². The van der Waals surface area contributed by atoms with Gasteiger partial charge in [-0.3, -0.25) is 0 Å². The Morgan fingerprint density at radius 3 is 2.73 bits per heavy atom. The van der Waals surface area contributed by atoms with E-state index in [1.807, 2.05) is 0 Å². The normalized spacial score (nSPS) is 15.3. The van der Waals surface area contributed by atoms with E-state index in [9.17, 15) is 4.39 Å². The maximum absolute atomic E-state index is 13.3. The molecule has 132 valence electrons. The Bertz CT molecular complexity index is 1100. The maximum Gasteiger partial charge on any atom is 0.298 e. The predicted molar refractivity (Wildman–Crippen MR) is 101 cm³/mol. The number of fused-ring (bicyclic) bond motifs is 2. The highest BCUT2D eigenvalue weighted by Gasteiger charge is 2.23. The lowest BCUT2D eigenvalue weighted by Gasteiger charge is -2.34. The van der Waals surface area contributed by atoms with Crippen LogP contribution in [0.1, 0.15) is 4.88 Å². The first-order valence-electron chi connectivity index (χ1n) is 8.44. The number of anilines is 2. The standard InChI is InChI=1S/C18H16FN5OS/c1-11-8-13-16(20-10-21-17(13)26-11)23-4-6-24(7-5-23)18-22-14-9-12(19)2-3-15(14)25-18/h2-3,8-10H,4-7H2,1H3. The molecule has 4 aromatic rings. The van der Waals surface area contributed by atoms with Gasteiger partial charge in [-0.15, -0.1) is 11.3 Å². The average Bonchev–Trinajstić information content (AvgIpc) is 3.23. The highest BCUT2D eigenvalue weighted by Crippen LogP contribution is 2.31. The summed E-state index contributed by atoms with van der Waals surface area (Å²) in [6.45, 7) is 5.25. The van der Waals surface area contributed by atoms with E-state index in [2.05, 4.69) is 37.7 Å². The van der Waals surface area contributed by atoms with Crippen molar-refractivity contribution in [2.75, 3.05) is 36.0 Å². The lowest BCUT2D eigenvalue weighted by atomic mass is 10.2. The number of hydrogen-bond acceptors (Lipinski definition) is 7. The first-order chi connectivity index (χ1) is 12.7. The molecule has 1 saturated heterocycles. The second-order valence-electron chi connectivity index (χ2n) is 6.36. The molecule has 8 heteroatoms. The fourth-order valence-corrected chi connectivity index (χ4v) is 4.19. The number of thiophene rings is 1. The highest BCUT2D eigenvalue weighted by atomic mass is 32.1. The van der Waals surface area contributed by atoms with Gasteiger partial charge in [-0.05, 0) is 25.1 Å². The van der Waals surface area contributed by atoms with E-state index in [0.29, 0.717) is 17.1 Å². The number of aromatic nitrogens is 3. The van der Waals surface area contributed by atoms with Crippen LogP contribution in [0.5, 0.6) is 0 Å². The van der Waals surface area contributed by atoms with Crippen molar-refractivity contribution < 1.29 is 8.81 Å². The van der Waals surface area contributed by atoms with E-state index in [1.165, 1.54) is 17.0 Å². The molecule has 0 unspecified atom stereocenters. The molecule has 0 atom stereocenters. The third-order valence-electron chi connectivity index (χ3n) is 4.62. The molecule has 5 rings (SSSR count). The van der Waals surface area contributed by atoms with Gasteiger partial charge in [0.05, 0.1) is 5.39 Å². The molecule has 0 aliphatic carbocycles. The fourth-order valence-electron chi connectivity index (χ4n) is 3.35. The molecule has 0 radical (unpaired) electrons. The highest BCUT2D eigenvalue weighted by molar-refractivity contribution is 7.18. The minimum Gasteiger partial charge on any atom is -0.423 e. The van der Waals surface area contributed by atoms with Crippen LogP contribution in [-0.4, -0.2) is 41.1 Å². The summed E-state index contributed by atoms with van der Waals surface area (Å²) in [5.74, 6) is 0.680. The smallest absolute Gasteiger partial charge is 0.298 e. The van der Waals surface area contributed by atoms with Gasteiger partial charge >= 0.3 is 0 Å². The summed E-state index contributed by atoms with van der Waals surface area (Å²) >= 11 is 1.69. The lowest BCUT2D eigenvalue weighted by Crippen LogP contribution is -2.47. The number of piperazine rings is 1. The van der Waals surface area contributed by atoms with Crippen LogP contribution in [0.25, 0.3) is 21.3 Å². The van der Waals surface area contributed by atoms with Gasteiger partial charge in [0.2, 0.25) is 0 Å². The summed E-state index contributed by atoms with van der Waals surface area (Å²) < 4.78 is 19.1. The summed E-state index contributed by atoms with van der Waals surface area (Å²) in [6, 6.07) is 7.10. The van der Waals surface area contributed by atoms with Crippen LogP contribution in [0, 0.1) is 12.7 Å². The zero-order chi connectivity index (χ0) is 17.7. The van der Waals surface area contributed by atoms with Crippen molar-refractivity contribution in [2.45, 2.75) is 6.92 Å². The third kappa shape index (κ3) is 2.57. The Balaban J connectivity index is 1.38. The summed E-state index contributed by atoms with van der Waals surface area (Å²) in [6.07, 6.45) is 1.63. The Labute approximate surface area is 152 Å². The van der Waals surface area contributed by atoms with Gasteiger partial charge in [-0.25, -0.2) is 14.4 Å². The first kappa shape index (κ1) is 15.5. The van der Waals surface area contributed by atoms with Gasteiger partial charge < -0.3 is 14.2 Å². The quantitative estimate of drug-likeness (QED) is 0.538. The lowest BCUT2D eigenvalue weighted by molar-refractivity contribution is 0.540. The number of halogens is 1. The van der Waals surface area contributed by atoms with Crippen LogP contribution in [0.2, 0.25) is 0 Å². The molecule has 6 nitrogen and oxygen atoms in total. The molecular formula is C18H16FN5OS. The summed E-state index contributed by atoms with van der Waals surface area (Å²) in [4.78, 5) is 19.9. The largest absolute Gasteiger partial charge is 0.423 e. The van der Waals surface area contributed by atoms with E-state index in [1.54, 1.807) is 23.7 Å². The van der Waals surface area contributed by atoms with Crippen molar-refractivity contribution in [2.24, 2.45) is 0 Å².